The quantitative estimate of drug-likeness (QED) is 0.849. The third kappa shape index (κ3) is 2.86. The van der Waals surface area contributed by atoms with Crippen molar-refractivity contribution in [2.45, 2.75) is 51.9 Å². The van der Waals surface area contributed by atoms with Crippen molar-refractivity contribution in [1.29, 1.82) is 0 Å². The molecule has 1 aliphatic carbocycles. The van der Waals surface area contributed by atoms with Crippen LogP contribution in [0.5, 0.6) is 0 Å². The smallest absolute Gasteiger partial charge is 0.230 e. The molecule has 0 radical (unpaired) electrons. The van der Waals surface area contributed by atoms with E-state index in [4.69, 9.17) is 0 Å². The molecule has 3 heterocycles. The molecule has 2 aliphatic heterocycles. The van der Waals surface area contributed by atoms with Crippen LogP contribution in [0.15, 0.2) is 0 Å². The first-order valence-electron chi connectivity index (χ1n) is 8.95. The van der Waals surface area contributed by atoms with E-state index in [1.165, 1.54) is 12.8 Å². The lowest BCUT2D eigenvalue weighted by molar-refractivity contribution is -0.145. The van der Waals surface area contributed by atoms with Crippen molar-refractivity contribution in [1.82, 2.24) is 15.1 Å². The Labute approximate surface area is 142 Å². The van der Waals surface area contributed by atoms with Gasteiger partial charge in [-0.1, -0.05) is 25.2 Å². The summed E-state index contributed by atoms with van der Waals surface area (Å²) >= 11 is 1.69. The molecule has 1 spiro atoms. The van der Waals surface area contributed by atoms with Crippen LogP contribution in [0.25, 0.3) is 0 Å². The summed E-state index contributed by atoms with van der Waals surface area (Å²) in [6.07, 6.45) is 5.79. The number of carbonyl (C=O) groups is 1. The Morgan fingerprint density at radius 1 is 1.26 bits per heavy atom. The van der Waals surface area contributed by atoms with Gasteiger partial charge < -0.3 is 9.80 Å². The van der Waals surface area contributed by atoms with E-state index in [2.05, 4.69) is 33.8 Å². The zero-order valence-corrected chi connectivity index (χ0v) is 14.9. The number of aromatic nitrogens is 2. The van der Waals surface area contributed by atoms with Crippen molar-refractivity contribution in [3.63, 3.8) is 0 Å². The second kappa shape index (κ2) is 5.72. The minimum atomic E-state index is -0.156. The van der Waals surface area contributed by atoms with Crippen LogP contribution in [-0.4, -0.2) is 47.2 Å². The first kappa shape index (κ1) is 15.4. The lowest BCUT2D eigenvalue weighted by Crippen LogP contribution is -2.50. The van der Waals surface area contributed by atoms with E-state index >= 15 is 0 Å². The normalized spacial score (nSPS) is 28.4. The van der Waals surface area contributed by atoms with Gasteiger partial charge in [0.25, 0.3) is 0 Å². The van der Waals surface area contributed by atoms with E-state index in [-0.39, 0.29) is 5.41 Å². The highest BCUT2D eigenvalue weighted by Crippen LogP contribution is 2.43. The molecule has 1 saturated carbocycles. The summed E-state index contributed by atoms with van der Waals surface area (Å²) in [5, 5.41) is 10.8. The average Bonchev–Trinajstić information content (AvgIpc) is 3.04. The molecule has 2 saturated heterocycles. The van der Waals surface area contributed by atoms with Gasteiger partial charge in [-0.15, -0.1) is 10.2 Å². The van der Waals surface area contributed by atoms with Gasteiger partial charge in [0, 0.05) is 32.1 Å². The van der Waals surface area contributed by atoms with Crippen molar-refractivity contribution in [3.8, 4) is 0 Å². The second-order valence-electron chi connectivity index (χ2n) is 7.83. The molecule has 3 fully saturated rings. The van der Waals surface area contributed by atoms with Gasteiger partial charge in [0.05, 0.1) is 5.41 Å². The molecule has 1 atom stereocenters. The molecule has 4 rings (SSSR count). The molecule has 5 nitrogen and oxygen atoms in total. The predicted octanol–water partition coefficient (Wildman–Crippen LogP) is 2.89. The maximum Gasteiger partial charge on any atom is 0.230 e. The Kier molecular flexibility index (Phi) is 3.82. The monoisotopic (exact) mass is 334 g/mol. The van der Waals surface area contributed by atoms with Crippen LogP contribution >= 0.6 is 11.3 Å². The van der Waals surface area contributed by atoms with E-state index in [1.807, 2.05) is 0 Å². The Hall–Kier alpha value is -1.17. The lowest BCUT2D eigenvalue weighted by Gasteiger charge is -2.39. The fourth-order valence-electron chi connectivity index (χ4n) is 3.94. The molecule has 126 valence electrons. The fourth-order valence-corrected chi connectivity index (χ4v) is 4.81. The molecule has 6 heteroatoms. The third-order valence-electron chi connectivity index (χ3n) is 5.55. The molecule has 1 unspecified atom stereocenters. The molecule has 1 aromatic rings. The van der Waals surface area contributed by atoms with Crippen LogP contribution in [0.4, 0.5) is 5.13 Å². The van der Waals surface area contributed by atoms with Gasteiger partial charge in [-0.25, -0.2) is 0 Å². The lowest BCUT2D eigenvalue weighted by atomic mass is 9.78. The van der Waals surface area contributed by atoms with Crippen LogP contribution in [0.1, 0.15) is 56.9 Å². The minimum absolute atomic E-state index is 0.156. The van der Waals surface area contributed by atoms with Gasteiger partial charge in [0.2, 0.25) is 11.0 Å². The van der Waals surface area contributed by atoms with E-state index < -0.39 is 0 Å². The first-order chi connectivity index (χ1) is 11.1. The number of hydrogen-bond acceptors (Lipinski definition) is 5. The fraction of sp³-hybridized carbons (Fsp3) is 0.824. The molecular formula is C17H26N4OS. The van der Waals surface area contributed by atoms with Crippen LogP contribution < -0.4 is 4.90 Å². The molecule has 3 aliphatic rings. The van der Waals surface area contributed by atoms with E-state index in [9.17, 15) is 4.79 Å². The molecule has 0 aromatic carbocycles. The highest BCUT2D eigenvalue weighted by atomic mass is 32.1. The maximum atomic E-state index is 13.1. The van der Waals surface area contributed by atoms with Gasteiger partial charge in [0.15, 0.2) is 0 Å². The Balaban J connectivity index is 1.47. The molecular weight excluding hydrogens is 308 g/mol. The number of anilines is 1. The zero-order chi connectivity index (χ0) is 16.0. The van der Waals surface area contributed by atoms with Gasteiger partial charge in [-0.3, -0.25) is 4.79 Å². The van der Waals surface area contributed by atoms with E-state index in [1.54, 1.807) is 11.3 Å². The predicted molar refractivity (Wildman–Crippen MR) is 91.8 cm³/mol. The summed E-state index contributed by atoms with van der Waals surface area (Å²) < 4.78 is 0. The highest BCUT2D eigenvalue weighted by Gasteiger charge is 2.49. The molecule has 23 heavy (non-hydrogen) atoms. The summed E-state index contributed by atoms with van der Waals surface area (Å²) in [7, 11) is 0. The number of piperidine rings is 1. The largest absolute Gasteiger partial charge is 0.346 e. The van der Waals surface area contributed by atoms with Gasteiger partial charge in [0.1, 0.15) is 5.01 Å². The number of nitrogens with zero attached hydrogens (tertiary/aromatic N) is 4. The summed E-state index contributed by atoms with van der Waals surface area (Å²) in [5.74, 6) is 1.61. The van der Waals surface area contributed by atoms with E-state index in [0.717, 1.165) is 61.5 Å². The van der Waals surface area contributed by atoms with Crippen LogP contribution in [-0.2, 0) is 4.79 Å². The van der Waals surface area contributed by atoms with Gasteiger partial charge >= 0.3 is 0 Å². The van der Waals surface area contributed by atoms with E-state index in [0.29, 0.717) is 11.8 Å². The number of carbonyl (C=O) groups excluding carboxylic acids is 1. The van der Waals surface area contributed by atoms with Crippen molar-refractivity contribution in [2.75, 3.05) is 31.1 Å². The molecule has 0 bridgehead atoms. The standard InChI is InChI=1S/C17H26N4OS/c1-12(2)14-18-19-16(23-14)21-9-7-17(11-21)6-3-8-20(15(17)22)10-13-4-5-13/h12-13H,3-11H2,1-2H3. The Morgan fingerprint density at radius 2 is 2.09 bits per heavy atom. The summed E-state index contributed by atoms with van der Waals surface area (Å²) in [6, 6.07) is 0. The Morgan fingerprint density at radius 3 is 2.78 bits per heavy atom. The van der Waals surface area contributed by atoms with Crippen LogP contribution in [0, 0.1) is 11.3 Å². The zero-order valence-electron chi connectivity index (χ0n) is 14.1. The van der Waals surface area contributed by atoms with Crippen molar-refractivity contribution in [2.24, 2.45) is 11.3 Å². The van der Waals surface area contributed by atoms with Crippen molar-refractivity contribution in [3.05, 3.63) is 5.01 Å². The Bertz CT molecular complexity index is 597. The summed E-state index contributed by atoms with van der Waals surface area (Å²) in [6.45, 7) is 8.03. The van der Waals surface area contributed by atoms with Crippen molar-refractivity contribution >= 4 is 22.4 Å². The number of amides is 1. The third-order valence-corrected chi connectivity index (χ3v) is 6.83. The number of hydrogen-bond donors (Lipinski definition) is 0. The number of likely N-dealkylation sites (tertiary alicyclic amines) is 1. The average molecular weight is 334 g/mol. The topological polar surface area (TPSA) is 49.3 Å². The molecule has 1 amide bonds. The minimum Gasteiger partial charge on any atom is -0.346 e. The van der Waals surface area contributed by atoms with Crippen LogP contribution in [0.3, 0.4) is 0 Å². The molecule has 0 N–H and O–H groups in total. The van der Waals surface area contributed by atoms with Crippen molar-refractivity contribution < 1.29 is 4.79 Å². The SMILES string of the molecule is CC(C)c1nnc(N2CCC3(CCCN(CC4CC4)C3=O)C2)s1. The first-order valence-corrected chi connectivity index (χ1v) is 9.77. The second-order valence-corrected chi connectivity index (χ2v) is 8.82. The van der Waals surface area contributed by atoms with Crippen LogP contribution in [0.2, 0.25) is 0 Å². The summed E-state index contributed by atoms with van der Waals surface area (Å²) in [5.41, 5.74) is -0.156. The summed E-state index contributed by atoms with van der Waals surface area (Å²) in [4.78, 5) is 17.5. The maximum absolute atomic E-state index is 13.1. The number of rotatable bonds is 4. The molecule has 1 aromatic heterocycles. The van der Waals surface area contributed by atoms with Gasteiger partial charge in [-0.2, -0.15) is 0 Å². The van der Waals surface area contributed by atoms with Gasteiger partial charge in [-0.05, 0) is 38.0 Å². The highest BCUT2D eigenvalue weighted by molar-refractivity contribution is 7.15.